The van der Waals surface area contributed by atoms with Crippen LogP contribution in [-0.2, 0) is 0 Å². The van der Waals surface area contributed by atoms with E-state index in [0.29, 0.717) is 11.6 Å². The second-order valence-corrected chi connectivity index (χ2v) is 5.64. The molecule has 19 heavy (non-hydrogen) atoms. The van der Waals surface area contributed by atoms with Gasteiger partial charge in [-0.25, -0.2) is 0 Å². The van der Waals surface area contributed by atoms with Gasteiger partial charge in [-0.2, -0.15) is 8.78 Å². The molecule has 0 saturated heterocycles. The van der Waals surface area contributed by atoms with E-state index in [9.17, 15) is 8.78 Å². The number of alkyl halides is 2. The van der Waals surface area contributed by atoms with E-state index < -0.39 is 6.61 Å². The van der Waals surface area contributed by atoms with Crippen LogP contribution in [0.15, 0.2) is 12.1 Å². The lowest BCUT2D eigenvalue weighted by molar-refractivity contribution is -0.0497. The lowest BCUT2D eigenvalue weighted by atomic mass is 10.1. The van der Waals surface area contributed by atoms with Gasteiger partial charge in [0.1, 0.15) is 0 Å². The first kappa shape index (κ1) is 16.3. The van der Waals surface area contributed by atoms with Gasteiger partial charge in [-0.15, -0.1) is 0 Å². The van der Waals surface area contributed by atoms with Crippen molar-refractivity contribution in [2.75, 3.05) is 5.32 Å². The van der Waals surface area contributed by atoms with Crippen LogP contribution in [0.5, 0.6) is 5.75 Å². The summed E-state index contributed by atoms with van der Waals surface area (Å²) in [5.41, 5.74) is 0.685. The Hall–Kier alpha value is -0.740. The monoisotopic (exact) mass is 311 g/mol. The third kappa shape index (κ3) is 5.41. The minimum absolute atomic E-state index is 0.0621. The van der Waals surface area contributed by atoms with Gasteiger partial charge < -0.3 is 10.1 Å². The lowest BCUT2D eigenvalue weighted by Crippen LogP contribution is -2.17. The van der Waals surface area contributed by atoms with Crippen LogP contribution >= 0.6 is 23.2 Å². The van der Waals surface area contributed by atoms with Crippen LogP contribution in [0, 0.1) is 5.92 Å². The van der Waals surface area contributed by atoms with Crippen LogP contribution in [0.3, 0.4) is 0 Å². The molecular formula is C13H17Cl2F2NO. The summed E-state index contributed by atoms with van der Waals surface area (Å²) in [5.74, 6) is 0.357. The molecule has 1 aromatic carbocycles. The Bertz CT molecular complexity index is 404. The molecule has 0 aliphatic rings. The molecule has 1 atom stereocenters. The number of hydrogen-bond donors (Lipinski definition) is 1. The number of nitrogens with one attached hydrogen (secondary N) is 1. The van der Waals surface area contributed by atoms with Crippen molar-refractivity contribution in [2.45, 2.75) is 39.8 Å². The summed E-state index contributed by atoms with van der Waals surface area (Å²) in [6.45, 7) is 3.33. The van der Waals surface area contributed by atoms with E-state index in [1.54, 1.807) is 0 Å². The zero-order valence-electron chi connectivity index (χ0n) is 11.0. The molecule has 2 nitrogen and oxygen atoms in total. The second-order valence-electron chi connectivity index (χ2n) is 4.82. The lowest BCUT2D eigenvalue weighted by Gasteiger charge is -2.18. The fourth-order valence-corrected chi connectivity index (χ4v) is 2.47. The van der Waals surface area contributed by atoms with E-state index in [2.05, 4.69) is 23.9 Å². The topological polar surface area (TPSA) is 21.3 Å². The molecule has 1 aromatic rings. The number of rotatable bonds is 6. The number of ether oxygens (including phenoxy) is 1. The first-order chi connectivity index (χ1) is 8.79. The molecule has 0 aliphatic heterocycles. The van der Waals surface area contributed by atoms with Crippen molar-refractivity contribution in [3.63, 3.8) is 0 Å². The number of anilines is 1. The maximum Gasteiger partial charge on any atom is 0.387 e. The molecule has 1 unspecified atom stereocenters. The average Bonchev–Trinajstić information content (AvgIpc) is 2.21. The maximum atomic E-state index is 12.2. The molecule has 0 saturated carbocycles. The summed E-state index contributed by atoms with van der Waals surface area (Å²) in [7, 11) is 0. The smallest absolute Gasteiger partial charge is 0.387 e. The highest BCUT2D eigenvalue weighted by atomic mass is 35.5. The van der Waals surface area contributed by atoms with E-state index in [1.807, 2.05) is 6.92 Å². The molecule has 0 heterocycles. The fraction of sp³-hybridized carbons (Fsp3) is 0.538. The molecule has 6 heteroatoms. The molecule has 0 aliphatic carbocycles. The van der Waals surface area contributed by atoms with E-state index >= 15 is 0 Å². The Morgan fingerprint density at radius 1 is 1.16 bits per heavy atom. The van der Waals surface area contributed by atoms with Crippen molar-refractivity contribution >= 4 is 28.9 Å². The molecule has 0 fully saturated rings. The van der Waals surface area contributed by atoms with Crippen molar-refractivity contribution in [3.05, 3.63) is 22.2 Å². The minimum atomic E-state index is -2.95. The Balaban J connectivity index is 2.82. The molecule has 0 aromatic heterocycles. The highest BCUT2D eigenvalue weighted by molar-refractivity contribution is 6.37. The van der Waals surface area contributed by atoms with Crippen LogP contribution < -0.4 is 10.1 Å². The molecule has 0 radical (unpaired) electrons. The van der Waals surface area contributed by atoms with E-state index in [0.717, 1.165) is 6.42 Å². The zero-order valence-corrected chi connectivity index (χ0v) is 12.5. The molecule has 0 spiro atoms. The SMILES string of the molecule is CC(C)CC(C)Nc1cc(Cl)c(OC(F)F)c(Cl)c1. The number of halogens is 4. The molecule has 0 amide bonds. The van der Waals surface area contributed by atoms with Crippen molar-refractivity contribution in [1.29, 1.82) is 0 Å². The summed E-state index contributed by atoms with van der Waals surface area (Å²) in [4.78, 5) is 0. The van der Waals surface area contributed by atoms with Crippen molar-refractivity contribution in [1.82, 2.24) is 0 Å². The summed E-state index contributed by atoms with van der Waals surface area (Å²) in [5, 5.41) is 3.35. The van der Waals surface area contributed by atoms with Crippen LogP contribution in [0.1, 0.15) is 27.2 Å². The van der Waals surface area contributed by atoms with E-state index in [-0.39, 0.29) is 21.8 Å². The van der Waals surface area contributed by atoms with Gasteiger partial charge in [0.2, 0.25) is 0 Å². The van der Waals surface area contributed by atoms with Gasteiger partial charge >= 0.3 is 6.61 Å². The number of benzene rings is 1. The largest absolute Gasteiger partial charge is 0.432 e. The minimum Gasteiger partial charge on any atom is -0.432 e. The summed E-state index contributed by atoms with van der Waals surface area (Å²) >= 11 is 11.8. The van der Waals surface area contributed by atoms with Crippen LogP contribution in [-0.4, -0.2) is 12.7 Å². The van der Waals surface area contributed by atoms with Gasteiger partial charge in [0.05, 0.1) is 10.0 Å². The first-order valence-corrected chi connectivity index (χ1v) is 6.75. The highest BCUT2D eigenvalue weighted by Gasteiger charge is 2.15. The summed E-state index contributed by atoms with van der Waals surface area (Å²) < 4.78 is 28.6. The quantitative estimate of drug-likeness (QED) is 0.755. The summed E-state index contributed by atoms with van der Waals surface area (Å²) in [6.07, 6.45) is 0.977. The van der Waals surface area contributed by atoms with Crippen molar-refractivity contribution < 1.29 is 13.5 Å². The van der Waals surface area contributed by atoms with Crippen LogP contribution in [0.4, 0.5) is 14.5 Å². The maximum absolute atomic E-state index is 12.2. The standard InChI is InChI=1S/C13H17Cl2F2NO/c1-7(2)4-8(3)18-9-5-10(14)12(11(15)6-9)19-13(16)17/h5-8,13,18H,4H2,1-3H3. The predicted octanol–water partition coefficient (Wildman–Crippen LogP) is 5.44. The highest BCUT2D eigenvalue weighted by Crippen LogP contribution is 2.37. The Kier molecular flexibility index (Phi) is 6.14. The van der Waals surface area contributed by atoms with Gasteiger partial charge in [0, 0.05) is 11.7 Å². The van der Waals surface area contributed by atoms with Crippen LogP contribution in [0.25, 0.3) is 0 Å². The van der Waals surface area contributed by atoms with E-state index in [4.69, 9.17) is 23.2 Å². The van der Waals surface area contributed by atoms with Gasteiger partial charge in [0.25, 0.3) is 0 Å². The zero-order chi connectivity index (χ0) is 14.6. The summed E-state index contributed by atoms with van der Waals surface area (Å²) in [6, 6.07) is 3.29. The van der Waals surface area contributed by atoms with Crippen molar-refractivity contribution in [3.8, 4) is 5.75 Å². The Morgan fingerprint density at radius 3 is 2.11 bits per heavy atom. The average molecular weight is 312 g/mol. The second kappa shape index (κ2) is 7.15. The van der Waals surface area contributed by atoms with E-state index in [1.165, 1.54) is 12.1 Å². The van der Waals surface area contributed by atoms with Crippen LogP contribution in [0.2, 0.25) is 10.0 Å². The molecule has 108 valence electrons. The Labute approximate surface area is 122 Å². The third-order valence-corrected chi connectivity index (χ3v) is 3.00. The third-order valence-electron chi connectivity index (χ3n) is 2.44. The fourth-order valence-electron chi connectivity index (χ4n) is 1.90. The first-order valence-electron chi connectivity index (χ1n) is 6.00. The normalized spacial score (nSPS) is 12.9. The number of hydrogen-bond acceptors (Lipinski definition) is 2. The molecule has 1 rings (SSSR count). The molecule has 1 N–H and O–H groups in total. The van der Waals surface area contributed by atoms with Gasteiger partial charge in [-0.3, -0.25) is 0 Å². The molecule has 0 bridgehead atoms. The van der Waals surface area contributed by atoms with Crippen molar-refractivity contribution in [2.24, 2.45) is 5.92 Å². The van der Waals surface area contributed by atoms with Gasteiger partial charge in [-0.1, -0.05) is 37.0 Å². The van der Waals surface area contributed by atoms with Gasteiger partial charge in [-0.05, 0) is 31.4 Å². The predicted molar refractivity (Wildman–Crippen MR) is 75.6 cm³/mol. The van der Waals surface area contributed by atoms with Gasteiger partial charge in [0.15, 0.2) is 5.75 Å². The molecular weight excluding hydrogens is 295 g/mol. The Morgan fingerprint density at radius 2 is 1.68 bits per heavy atom.